The molecule has 0 radical (unpaired) electrons. The van der Waals surface area contributed by atoms with Crippen molar-refractivity contribution in [1.82, 2.24) is 20.2 Å². The Morgan fingerprint density at radius 2 is 1.77 bits per heavy atom. The molecular formula is C35H50FN5O6. The Bertz CT molecular complexity index is 1430. The van der Waals surface area contributed by atoms with Crippen molar-refractivity contribution < 1.29 is 33.0 Å². The molecule has 0 unspecified atom stereocenters. The second kappa shape index (κ2) is 15.0. The van der Waals surface area contributed by atoms with Gasteiger partial charge in [0, 0.05) is 18.2 Å². The van der Waals surface area contributed by atoms with Crippen LogP contribution in [0.5, 0.6) is 0 Å². The summed E-state index contributed by atoms with van der Waals surface area (Å²) in [7, 11) is 0. The highest BCUT2D eigenvalue weighted by Gasteiger charge is 2.47. The molecule has 2 aliphatic carbocycles. The topological polar surface area (TPSA) is 143 Å². The van der Waals surface area contributed by atoms with Crippen LogP contribution in [-0.2, 0) is 19.1 Å². The van der Waals surface area contributed by atoms with Crippen molar-refractivity contribution >= 4 is 40.6 Å². The van der Waals surface area contributed by atoms with E-state index in [2.05, 4.69) is 20.6 Å². The highest BCUT2D eigenvalue weighted by molar-refractivity contribution is 5.99. The third-order valence-electron chi connectivity index (χ3n) is 10.0. The maximum absolute atomic E-state index is 14.1. The number of rotatable bonds is 9. The van der Waals surface area contributed by atoms with Crippen LogP contribution in [0.4, 0.5) is 14.9 Å². The summed E-state index contributed by atoms with van der Waals surface area (Å²) in [6, 6.07) is 4.00. The number of carbonyl (C=O) groups is 4. The maximum Gasteiger partial charge on any atom is 0.407 e. The van der Waals surface area contributed by atoms with Crippen molar-refractivity contribution in [2.75, 3.05) is 25.1 Å². The molecule has 2 heterocycles. The first kappa shape index (κ1) is 34.6. The predicted molar refractivity (Wildman–Crippen MR) is 175 cm³/mol. The molecule has 5 rings (SSSR count). The fraction of sp³-hybridized carbons (Fsp3) is 0.686. The molecule has 0 spiro atoms. The Morgan fingerprint density at radius 1 is 1.04 bits per heavy atom. The van der Waals surface area contributed by atoms with E-state index in [0.29, 0.717) is 54.9 Å². The molecule has 3 fully saturated rings. The van der Waals surface area contributed by atoms with E-state index in [1.54, 1.807) is 50.8 Å². The van der Waals surface area contributed by atoms with E-state index in [0.717, 1.165) is 32.1 Å². The van der Waals surface area contributed by atoms with Crippen LogP contribution in [0.1, 0.15) is 103 Å². The maximum atomic E-state index is 14.1. The molecule has 1 aliphatic heterocycles. The summed E-state index contributed by atoms with van der Waals surface area (Å²) in [5.74, 6) is -0.546. The molecular weight excluding hydrogens is 605 g/mol. The number of anilines is 1. The van der Waals surface area contributed by atoms with Crippen LogP contribution < -0.4 is 10.6 Å². The molecule has 3 aliphatic rings. The molecule has 47 heavy (non-hydrogen) atoms. The minimum absolute atomic E-state index is 0.0133. The SMILES string of the molecule is CCOC(=O)c1nc2cc(NC(=O)[C@@H]3[C@H](C4CCCCC4)CCN3C(=O)[C@H]3CC[C@H]([C@@H](CF)NC(=O)OC(C)(C)C)CC3)ccc2[nH]1. The van der Waals surface area contributed by atoms with E-state index >= 15 is 0 Å². The summed E-state index contributed by atoms with van der Waals surface area (Å²) in [6.07, 6.45) is 8.12. The molecule has 3 amide bonds. The smallest absolute Gasteiger partial charge is 0.407 e. The number of carbonyl (C=O) groups excluding carboxylic acids is 4. The van der Waals surface area contributed by atoms with Crippen molar-refractivity contribution in [2.24, 2.45) is 23.7 Å². The zero-order valence-corrected chi connectivity index (χ0v) is 28.1. The number of imidazole rings is 1. The Kier molecular flexibility index (Phi) is 11.1. The summed E-state index contributed by atoms with van der Waals surface area (Å²) in [6.45, 7) is 7.09. The number of esters is 1. The van der Waals surface area contributed by atoms with Crippen molar-refractivity contribution in [1.29, 1.82) is 0 Å². The number of hydrogen-bond acceptors (Lipinski definition) is 7. The molecule has 3 atom stereocenters. The second-order valence-corrected chi connectivity index (χ2v) is 14.4. The Morgan fingerprint density at radius 3 is 2.43 bits per heavy atom. The van der Waals surface area contributed by atoms with Gasteiger partial charge >= 0.3 is 12.1 Å². The summed E-state index contributed by atoms with van der Waals surface area (Å²) >= 11 is 0. The van der Waals surface area contributed by atoms with E-state index in [9.17, 15) is 23.6 Å². The number of aromatic nitrogens is 2. The average molecular weight is 656 g/mol. The van der Waals surface area contributed by atoms with Crippen molar-refractivity contribution in [2.45, 2.75) is 110 Å². The lowest BCUT2D eigenvalue weighted by Gasteiger charge is -2.37. The largest absolute Gasteiger partial charge is 0.460 e. The van der Waals surface area contributed by atoms with Crippen molar-refractivity contribution in [3.05, 3.63) is 24.0 Å². The van der Waals surface area contributed by atoms with Gasteiger partial charge in [-0.1, -0.05) is 32.1 Å². The van der Waals surface area contributed by atoms with Gasteiger partial charge in [0.05, 0.1) is 23.7 Å². The second-order valence-electron chi connectivity index (χ2n) is 14.4. The fourth-order valence-electron chi connectivity index (χ4n) is 7.80. The van der Waals surface area contributed by atoms with E-state index in [1.807, 2.05) is 0 Å². The van der Waals surface area contributed by atoms with Crippen LogP contribution in [0.3, 0.4) is 0 Å². The first-order chi connectivity index (χ1) is 22.5. The number of nitrogens with one attached hydrogen (secondary N) is 3. The lowest BCUT2D eigenvalue weighted by molar-refractivity contribution is -0.142. The normalized spacial score (nSPS) is 24.5. The first-order valence-corrected chi connectivity index (χ1v) is 17.3. The van der Waals surface area contributed by atoms with E-state index in [4.69, 9.17) is 9.47 Å². The number of nitrogens with zero attached hydrogens (tertiary/aromatic N) is 2. The highest BCUT2D eigenvalue weighted by Crippen LogP contribution is 2.41. The molecule has 11 nitrogen and oxygen atoms in total. The quantitative estimate of drug-likeness (QED) is 0.275. The third kappa shape index (κ3) is 8.43. The number of aromatic amines is 1. The van der Waals surface area contributed by atoms with Crippen LogP contribution in [0.15, 0.2) is 18.2 Å². The molecule has 3 N–H and O–H groups in total. The zero-order chi connectivity index (χ0) is 33.7. The third-order valence-corrected chi connectivity index (χ3v) is 10.0. The lowest BCUT2D eigenvalue weighted by atomic mass is 9.76. The van der Waals surface area contributed by atoms with Crippen molar-refractivity contribution in [3.63, 3.8) is 0 Å². The van der Waals surface area contributed by atoms with Crippen LogP contribution in [0, 0.1) is 23.7 Å². The molecule has 258 valence electrons. The predicted octanol–water partition coefficient (Wildman–Crippen LogP) is 6.14. The average Bonchev–Trinajstić information content (AvgIpc) is 3.68. The van der Waals surface area contributed by atoms with Gasteiger partial charge in [-0.3, -0.25) is 9.59 Å². The minimum Gasteiger partial charge on any atom is -0.460 e. The number of likely N-dealkylation sites (tertiary alicyclic amines) is 1. The number of ether oxygens (including phenoxy) is 2. The molecule has 2 aromatic rings. The number of halogens is 1. The standard InChI is InChI=1S/C35H50FN5O6/c1-5-46-33(44)30-38-26-16-15-24(19-27(26)39-30)37-31(42)29-25(21-9-7-6-8-10-21)17-18-41(29)32(43)23-13-11-22(12-14-23)28(20-36)40-34(45)47-35(2,3)4/h15-16,19,21-23,25,28-29H,5-14,17-18,20H2,1-4H3,(H,37,42)(H,38,39)(H,40,45)/t22-,23-,25-,28+,29-/m0/s1. The summed E-state index contributed by atoms with van der Waals surface area (Å²) < 4.78 is 24.4. The molecule has 1 aromatic heterocycles. The van der Waals surface area contributed by atoms with Crippen LogP contribution in [0.2, 0.25) is 0 Å². The molecule has 2 saturated carbocycles. The monoisotopic (exact) mass is 655 g/mol. The van der Waals surface area contributed by atoms with E-state index < -0.39 is 36.4 Å². The van der Waals surface area contributed by atoms with Crippen LogP contribution in [-0.4, -0.2) is 76.3 Å². The summed E-state index contributed by atoms with van der Waals surface area (Å²) in [5.41, 5.74) is 1.04. The van der Waals surface area contributed by atoms with E-state index in [-0.39, 0.29) is 42.0 Å². The van der Waals surface area contributed by atoms with E-state index in [1.165, 1.54) is 6.42 Å². The fourth-order valence-corrected chi connectivity index (χ4v) is 7.80. The lowest BCUT2D eigenvalue weighted by Crippen LogP contribution is -2.50. The Balaban J connectivity index is 1.27. The summed E-state index contributed by atoms with van der Waals surface area (Å²) in [5, 5.41) is 5.75. The number of alkyl halides is 1. The molecule has 12 heteroatoms. The number of alkyl carbamates (subject to hydrolysis) is 1. The number of hydrogen-bond donors (Lipinski definition) is 3. The zero-order valence-electron chi connectivity index (χ0n) is 28.1. The Hall–Kier alpha value is -3.70. The highest BCUT2D eigenvalue weighted by atomic mass is 19.1. The van der Waals surface area contributed by atoms with Gasteiger partial charge in [0.25, 0.3) is 0 Å². The minimum atomic E-state index is -0.700. The summed E-state index contributed by atoms with van der Waals surface area (Å²) in [4.78, 5) is 61.7. The van der Waals surface area contributed by atoms with Gasteiger partial charge in [-0.2, -0.15) is 0 Å². The van der Waals surface area contributed by atoms with Gasteiger partial charge in [-0.25, -0.2) is 19.0 Å². The van der Waals surface area contributed by atoms with Gasteiger partial charge in [-0.15, -0.1) is 0 Å². The molecule has 1 aromatic carbocycles. The number of H-pyrrole nitrogens is 1. The number of fused-ring (bicyclic) bond motifs is 1. The first-order valence-electron chi connectivity index (χ1n) is 17.3. The van der Waals surface area contributed by atoms with Gasteiger partial charge in [0.1, 0.15) is 18.3 Å². The van der Waals surface area contributed by atoms with Gasteiger partial charge in [0.2, 0.25) is 17.6 Å². The Labute approximate surface area is 276 Å². The number of benzene rings is 1. The number of amides is 3. The van der Waals surface area contributed by atoms with Crippen LogP contribution in [0.25, 0.3) is 11.0 Å². The van der Waals surface area contributed by atoms with Gasteiger partial charge in [-0.05, 0) is 95.8 Å². The molecule has 0 bridgehead atoms. The van der Waals surface area contributed by atoms with Gasteiger partial charge in [0.15, 0.2) is 0 Å². The van der Waals surface area contributed by atoms with Crippen LogP contribution >= 0.6 is 0 Å². The van der Waals surface area contributed by atoms with Gasteiger partial charge < -0.3 is 30.0 Å². The van der Waals surface area contributed by atoms with Crippen molar-refractivity contribution in [3.8, 4) is 0 Å². The molecule has 1 saturated heterocycles.